The fourth-order valence-corrected chi connectivity index (χ4v) is 3.03. The summed E-state index contributed by atoms with van der Waals surface area (Å²) in [6.45, 7) is 0. The SMILES string of the molecule is c1ccc(-c2ccc(N(c3ccccc3)c3ccccc3)cc2)cc1. The molecule has 0 heterocycles. The molecule has 1 nitrogen and oxygen atoms in total. The smallest absolute Gasteiger partial charge is 0.0462 e. The highest BCUT2D eigenvalue weighted by Gasteiger charge is 2.11. The number of anilines is 3. The molecule has 0 saturated heterocycles. The van der Waals surface area contributed by atoms with Crippen molar-refractivity contribution in [3.63, 3.8) is 0 Å². The summed E-state index contributed by atoms with van der Waals surface area (Å²) in [6.07, 6.45) is 0. The molecule has 4 aromatic rings. The molecule has 0 atom stereocenters. The van der Waals surface area contributed by atoms with Crippen LogP contribution in [0.5, 0.6) is 0 Å². The molecule has 0 amide bonds. The largest absolute Gasteiger partial charge is 0.311 e. The monoisotopic (exact) mass is 321 g/mol. The first-order valence-electron chi connectivity index (χ1n) is 8.47. The van der Waals surface area contributed by atoms with Crippen LogP contribution < -0.4 is 4.90 Å². The Bertz CT molecular complexity index is 874. The number of nitrogens with zero attached hydrogens (tertiary/aromatic N) is 1. The molecular formula is C24H19N. The van der Waals surface area contributed by atoms with Gasteiger partial charge in [-0.1, -0.05) is 78.9 Å². The molecule has 0 spiro atoms. The van der Waals surface area contributed by atoms with Gasteiger partial charge >= 0.3 is 0 Å². The topological polar surface area (TPSA) is 3.24 Å². The van der Waals surface area contributed by atoms with Gasteiger partial charge in [0, 0.05) is 17.1 Å². The third kappa shape index (κ3) is 3.31. The molecule has 0 saturated carbocycles. The van der Waals surface area contributed by atoms with E-state index in [-0.39, 0.29) is 0 Å². The molecule has 0 bridgehead atoms. The average molecular weight is 321 g/mol. The van der Waals surface area contributed by atoms with Crippen LogP contribution in [0.25, 0.3) is 11.1 Å². The van der Waals surface area contributed by atoms with E-state index in [4.69, 9.17) is 0 Å². The van der Waals surface area contributed by atoms with Crippen molar-refractivity contribution < 1.29 is 0 Å². The maximum absolute atomic E-state index is 2.27. The molecule has 120 valence electrons. The lowest BCUT2D eigenvalue weighted by Gasteiger charge is -2.25. The van der Waals surface area contributed by atoms with Gasteiger partial charge in [0.1, 0.15) is 0 Å². The highest BCUT2D eigenvalue weighted by atomic mass is 15.1. The van der Waals surface area contributed by atoms with E-state index in [0.717, 1.165) is 17.1 Å². The number of rotatable bonds is 4. The van der Waals surface area contributed by atoms with E-state index < -0.39 is 0 Å². The molecule has 0 N–H and O–H groups in total. The Morgan fingerprint density at radius 2 is 0.680 bits per heavy atom. The Morgan fingerprint density at radius 3 is 1.16 bits per heavy atom. The lowest BCUT2D eigenvalue weighted by molar-refractivity contribution is 1.28. The molecule has 0 radical (unpaired) electrons. The van der Waals surface area contributed by atoms with Crippen LogP contribution in [-0.2, 0) is 0 Å². The zero-order chi connectivity index (χ0) is 16.9. The molecular weight excluding hydrogens is 302 g/mol. The first kappa shape index (κ1) is 15.2. The van der Waals surface area contributed by atoms with Crippen molar-refractivity contribution in [1.82, 2.24) is 0 Å². The van der Waals surface area contributed by atoms with Crippen molar-refractivity contribution in [1.29, 1.82) is 0 Å². The molecule has 0 fully saturated rings. The zero-order valence-corrected chi connectivity index (χ0v) is 13.9. The Morgan fingerprint density at radius 1 is 0.320 bits per heavy atom. The van der Waals surface area contributed by atoms with Crippen LogP contribution in [0.1, 0.15) is 0 Å². The van der Waals surface area contributed by atoms with Crippen LogP contribution in [0.2, 0.25) is 0 Å². The van der Waals surface area contributed by atoms with Crippen LogP contribution in [-0.4, -0.2) is 0 Å². The zero-order valence-electron chi connectivity index (χ0n) is 13.9. The van der Waals surface area contributed by atoms with Crippen molar-refractivity contribution >= 4 is 17.1 Å². The average Bonchev–Trinajstić information content (AvgIpc) is 2.71. The maximum atomic E-state index is 2.27. The second kappa shape index (κ2) is 7.06. The third-order valence-electron chi connectivity index (χ3n) is 4.26. The summed E-state index contributed by atoms with van der Waals surface area (Å²) in [5.74, 6) is 0. The second-order valence-corrected chi connectivity index (χ2v) is 5.92. The molecule has 25 heavy (non-hydrogen) atoms. The van der Waals surface area contributed by atoms with Crippen molar-refractivity contribution in [2.75, 3.05) is 4.90 Å². The number of para-hydroxylation sites is 2. The second-order valence-electron chi connectivity index (χ2n) is 5.92. The molecule has 0 aliphatic heterocycles. The maximum Gasteiger partial charge on any atom is 0.0462 e. The van der Waals surface area contributed by atoms with E-state index in [1.807, 2.05) is 18.2 Å². The lowest BCUT2D eigenvalue weighted by atomic mass is 10.0. The Balaban J connectivity index is 1.75. The number of hydrogen-bond donors (Lipinski definition) is 0. The van der Waals surface area contributed by atoms with Crippen molar-refractivity contribution in [2.24, 2.45) is 0 Å². The predicted octanol–water partition coefficient (Wildman–Crippen LogP) is 6.82. The van der Waals surface area contributed by atoms with Gasteiger partial charge in [-0.2, -0.15) is 0 Å². The molecule has 0 aromatic heterocycles. The fourth-order valence-electron chi connectivity index (χ4n) is 3.03. The third-order valence-corrected chi connectivity index (χ3v) is 4.26. The van der Waals surface area contributed by atoms with E-state index in [2.05, 4.69) is 102 Å². The van der Waals surface area contributed by atoms with Gasteiger partial charge in [-0.15, -0.1) is 0 Å². The van der Waals surface area contributed by atoms with Gasteiger partial charge in [-0.3, -0.25) is 0 Å². The molecule has 1 heteroatoms. The molecule has 0 aliphatic carbocycles. The van der Waals surface area contributed by atoms with Gasteiger partial charge in [0.15, 0.2) is 0 Å². The van der Waals surface area contributed by atoms with Gasteiger partial charge < -0.3 is 4.90 Å². The minimum atomic E-state index is 1.15. The highest BCUT2D eigenvalue weighted by molar-refractivity contribution is 5.78. The highest BCUT2D eigenvalue weighted by Crippen LogP contribution is 2.35. The molecule has 0 unspecified atom stereocenters. The molecule has 4 aromatic carbocycles. The first-order valence-corrected chi connectivity index (χ1v) is 8.47. The van der Waals surface area contributed by atoms with Crippen LogP contribution >= 0.6 is 0 Å². The van der Waals surface area contributed by atoms with Gasteiger partial charge in [-0.05, 0) is 47.5 Å². The van der Waals surface area contributed by atoms with Gasteiger partial charge in [0.25, 0.3) is 0 Å². The van der Waals surface area contributed by atoms with E-state index in [9.17, 15) is 0 Å². The van der Waals surface area contributed by atoms with Crippen molar-refractivity contribution in [3.05, 3.63) is 115 Å². The molecule has 0 aliphatic rings. The van der Waals surface area contributed by atoms with Crippen molar-refractivity contribution in [2.45, 2.75) is 0 Å². The summed E-state index contributed by atoms with van der Waals surface area (Å²) in [4.78, 5) is 2.27. The number of benzene rings is 4. The van der Waals surface area contributed by atoms with Crippen molar-refractivity contribution in [3.8, 4) is 11.1 Å². The van der Waals surface area contributed by atoms with Crippen LogP contribution in [0, 0.1) is 0 Å². The Hall–Kier alpha value is -3.32. The predicted molar refractivity (Wildman–Crippen MR) is 107 cm³/mol. The lowest BCUT2D eigenvalue weighted by Crippen LogP contribution is -2.09. The van der Waals surface area contributed by atoms with Crippen LogP contribution in [0.15, 0.2) is 115 Å². The van der Waals surface area contributed by atoms with Crippen LogP contribution in [0.4, 0.5) is 17.1 Å². The van der Waals surface area contributed by atoms with Gasteiger partial charge in [0.05, 0.1) is 0 Å². The summed E-state index contributed by atoms with van der Waals surface area (Å²) in [7, 11) is 0. The summed E-state index contributed by atoms with van der Waals surface area (Å²) in [5.41, 5.74) is 5.92. The van der Waals surface area contributed by atoms with E-state index in [1.54, 1.807) is 0 Å². The van der Waals surface area contributed by atoms with Gasteiger partial charge in [0.2, 0.25) is 0 Å². The molecule has 4 rings (SSSR count). The standard InChI is InChI=1S/C24H19N/c1-4-10-20(11-5-1)21-16-18-24(19-17-21)25(22-12-6-2-7-13-22)23-14-8-3-9-15-23/h1-19H. The minimum Gasteiger partial charge on any atom is -0.311 e. The quantitative estimate of drug-likeness (QED) is 0.398. The Kier molecular flexibility index (Phi) is 4.30. The normalized spacial score (nSPS) is 10.4. The van der Waals surface area contributed by atoms with E-state index in [0.29, 0.717) is 0 Å². The summed E-state index contributed by atoms with van der Waals surface area (Å²) in [5, 5.41) is 0. The van der Waals surface area contributed by atoms with Gasteiger partial charge in [-0.25, -0.2) is 0 Å². The number of hydrogen-bond acceptors (Lipinski definition) is 1. The summed E-state index contributed by atoms with van der Waals surface area (Å²) >= 11 is 0. The van der Waals surface area contributed by atoms with E-state index in [1.165, 1.54) is 11.1 Å². The summed E-state index contributed by atoms with van der Waals surface area (Å²) < 4.78 is 0. The Labute approximate surface area is 148 Å². The first-order chi connectivity index (χ1) is 12.4. The minimum absolute atomic E-state index is 1.15. The van der Waals surface area contributed by atoms with E-state index >= 15 is 0 Å². The summed E-state index contributed by atoms with van der Waals surface area (Å²) in [6, 6.07) is 40.1. The fraction of sp³-hybridized carbons (Fsp3) is 0. The van der Waals surface area contributed by atoms with Crippen LogP contribution in [0.3, 0.4) is 0 Å².